The number of anilines is 1. The van der Waals surface area contributed by atoms with Crippen LogP contribution in [-0.2, 0) is 4.79 Å². The number of nitrogens with two attached hydrogens (primary N) is 1. The summed E-state index contributed by atoms with van der Waals surface area (Å²) in [6, 6.07) is 7.88. The van der Waals surface area contributed by atoms with Gasteiger partial charge in [-0.3, -0.25) is 19.4 Å². The number of imidazole rings is 1. The maximum Gasteiger partial charge on any atom is 0.273 e. The number of aliphatic hydroxyl groups is 1. The monoisotopic (exact) mass is 420 g/mol. The first kappa shape index (κ1) is 20.2. The standard InChI is InChI=1S/C21H20N6O4/c22-19(29)18-6-16(28)10-27(18)21(31)14-4-13(7-23-8-14)12-2-1-3-15(5-12)26-20(30)17-9-24-11-25-17/h1-5,7-9,11,16,18,28H,6,10H2,(H2,22,29)(H,24,25)(H,26,30)/t16-,18+/m1/s1. The van der Waals surface area contributed by atoms with Gasteiger partial charge in [-0.2, -0.15) is 0 Å². The number of likely N-dealkylation sites (tertiary alicyclic amines) is 1. The normalized spacial score (nSPS) is 18.0. The molecule has 31 heavy (non-hydrogen) atoms. The number of β-amino-alcohol motifs (C(OH)–C–C–N with tert-alkyl or cyclic N) is 1. The summed E-state index contributed by atoms with van der Waals surface area (Å²) >= 11 is 0. The Labute approximate surface area is 177 Å². The van der Waals surface area contributed by atoms with E-state index in [4.69, 9.17) is 5.73 Å². The quantitative estimate of drug-likeness (QED) is 0.478. The molecule has 3 heterocycles. The molecule has 10 heteroatoms. The highest BCUT2D eigenvalue weighted by Crippen LogP contribution is 2.25. The molecule has 0 radical (unpaired) electrons. The van der Waals surface area contributed by atoms with Crippen molar-refractivity contribution in [2.24, 2.45) is 5.73 Å². The number of carbonyl (C=O) groups excluding carboxylic acids is 3. The summed E-state index contributed by atoms with van der Waals surface area (Å²) in [5.41, 5.74) is 7.92. The molecule has 158 valence electrons. The summed E-state index contributed by atoms with van der Waals surface area (Å²) in [4.78, 5) is 48.8. The fourth-order valence-corrected chi connectivity index (χ4v) is 3.54. The van der Waals surface area contributed by atoms with E-state index in [1.54, 1.807) is 30.5 Å². The van der Waals surface area contributed by atoms with Gasteiger partial charge >= 0.3 is 0 Å². The van der Waals surface area contributed by atoms with Crippen LogP contribution in [0.2, 0.25) is 0 Å². The molecule has 2 atom stereocenters. The molecule has 3 aromatic rings. The Morgan fingerprint density at radius 1 is 1.13 bits per heavy atom. The van der Waals surface area contributed by atoms with E-state index in [-0.39, 0.29) is 24.4 Å². The molecular weight excluding hydrogens is 400 g/mol. The number of rotatable bonds is 5. The molecule has 4 rings (SSSR count). The van der Waals surface area contributed by atoms with E-state index in [0.717, 1.165) is 5.56 Å². The lowest BCUT2D eigenvalue weighted by Crippen LogP contribution is -2.43. The van der Waals surface area contributed by atoms with E-state index in [1.807, 2.05) is 6.07 Å². The first-order chi connectivity index (χ1) is 14.9. The van der Waals surface area contributed by atoms with Crippen molar-refractivity contribution in [1.29, 1.82) is 0 Å². The molecule has 0 unspecified atom stereocenters. The number of amides is 3. The first-order valence-electron chi connectivity index (χ1n) is 9.56. The zero-order valence-electron chi connectivity index (χ0n) is 16.4. The number of aliphatic hydroxyl groups excluding tert-OH is 1. The average Bonchev–Trinajstić information content (AvgIpc) is 3.43. The van der Waals surface area contributed by atoms with Crippen LogP contribution in [0.15, 0.2) is 55.2 Å². The van der Waals surface area contributed by atoms with Crippen molar-refractivity contribution in [1.82, 2.24) is 19.9 Å². The number of carbonyl (C=O) groups is 3. The van der Waals surface area contributed by atoms with Crippen molar-refractivity contribution in [2.75, 3.05) is 11.9 Å². The van der Waals surface area contributed by atoms with Crippen LogP contribution in [0, 0.1) is 0 Å². The van der Waals surface area contributed by atoms with Gasteiger partial charge in [0.05, 0.1) is 24.2 Å². The predicted octanol–water partition coefficient (Wildman–Crippen LogP) is 0.785. The van der Waals surface area contributed by atoms with Crippen molar-refractivity contribution in [2.45, 2.75) is 18.6 Å². The maximum absolute atomic E-state index is 12.9. The van der Waals surface area contributed by atoms with Gasteiger partial charge in [-0.15, -0.1) is 0 Å². The van der Waals surface area contributed by atoms with Crippen molar-refractivity contribution in [3.8, 4) is 11.1 Å². The molecule has 0 aliphatic carbocycles. The number of aromatic amines is 1. The van der Waals surface area contributed by atoms with Gasteiger partial charge < -0.3 is 26.0 Å². The fraction of sp³-hybridized carbons (Fsp3) is 0.190. The smallest absolute Gasteiger partial charge is 0.273 e. The lowest BCUT2D eigenvalue weighted by molar-refractivity contribution is -0.121. The summed E-state index contributed by atoms with van der Waals surface area (Å²) in [6.45, 7) is 0.0335. The van der Waals surface area contributed by atoms with Crippen LogP contribution in [-0.4, -0.2) is 61.4 Å². The van der Waals surface area contributed by atoms with Gasteiger partial charge in [0.1, 0.15) is 11.7 Å². The van der Waals surface area contributed by atoms with E-state index in [9.17, 15) is 19.5 Å². The number of H-pyrrole nitrogens is 1. The summed E-state index contributed by atoms with van der Waals surface area (Å²) in [7, 11) is 0. The fourth-order valence-electron chi connectivity index (χ4n) is 3.54. The van der Waals surface area contributed by atoms with E-state index < -0.39 is 24.0 Å². The molecule has 0 bridgehead atoms. The van der Waals surface area contributed by atoms with Gasteiger partial charge in [0.25, 0.3) is 11.8 Å². The van der Waals surface area contributed by atoms with E-state index in [2.05, 4.69) is 20.3 Å². The largest absolute Gasteiger partial charge is 0.391 e. The number of nitrogens with zero attached hydrogens (tertiary/aromatic N) is 3. The molecular formula is C21H20N6O4. The second kappa shape index (κ2) is 8.36. The Kier molecular flexibility index (Phi) is 5.46. The van der Waals surface area contributed by atoms with Crippen molar-refractivity contribution >= 4 is 23.4 Å². The highest BCUT2D eigenvalue weighted by atomic mass is 16.3. The maximum atomic E-state index is 12.9. The number of primary amides is 1. The summed E-state index contributed by atoms with van der Waals surface area (Å²) in [5.74, 6) is -1.42. The van der Waals surface area contributed by atoms with Crippen LogP contribution in [0.25, 0.3) is 11.1 Å². The molecule has 0 spiro atoms. The van der Waals surface area contributed by atoms with Gasteiger partial charge in [-0.05, 0) is 23.8 Å². The third kappa shape index (κ3) is 4.28. The molecule has 2 aromatic heterocycles. The second-order valence-electron chi connectivity index (χ2n) is 7.23. The van der Waals surface area contributed by atoms with Crippen LogP contribution < -0.4 is 11.1 Å². The molecule has 1 aromatic carbocycles. The molecule has 3 amide bonds. The number of aromatic nitrogens is 3. The molecule has 1 aliphatic heterocycles. The molecule has 0 saturated carbocycles. The average molecular weight is 420 g/mol. The van der Waals surface area contributed by atoms with E-state index >= 15 is 0 Å². The van der Waals surface area contributed by atoms with E-state index in [0.29, 0.717) is 16.9 Å². The van der Waals surface area contributed by atoms with Crippen LogP contribution in [0.4, 0.5) is 5.69 Å². The molecule has 5 N–H and O–H groups in total. The van der Waals surface area contributed by atoms with Crippen LogP contribution in [0.3, 0.4) is 0 Å². The molecule has 10 nitrogen and oxygen atoms in total. The summed E-state index contributed by atoms with van der Waals surface area (Å²) in [6.07, 6.45) is 5.16. The van der Waals surface area contributed by atoms with Crippen molar-refractivity contribution < 1.29 is 19.5 Å². The Morgan fingerprint density at radius 2 is 1.97 bits per heavy atom. The van der Waals surface area contributed by atoms with Crippen molar-refractivity contribution in [3.05, 3.63) is 66.5 Å². The number of nitrogens with one attached hydrogen (secondary N) is 2. The number of hydrogen-bond donors (Lipinski definition) is 4. The minimum absolute atomic E-state index is 0.0335. The van der Waals surface area contributed by atoms with Crippen LogP contribution in [0.1, 0.15) is 27.3 Å². The lowest BCUT2D eigenvalue weighted by atomic mass is 10.0. The topological polar surface area (TPSA) is 154 Å². The van der Waals surface area contributed by atoms with Gasteiger partial charge in [0.2, 0.25) is 5.91 Å². The first-order valence-corrected chi connectivity index (χ1v) is 9.56. The Bertz CT molecular complexity index is 1130. The molecule has 1 aliphatic rings. The molecule has 1 saturated heterocycles. The minimum atomic E-state index is -0.854. The van der Waals surface area contributed by atoms with Gasteiger partial charge in [0.15, 0.2) is 0 Å². The zero-order valence-corrected chi connectivity index (χ0v) is 16.4. The van der Waals surface area contributed by atoms with Gasteiger partial charge in [0, 0.05) is 36.6 Å². The highest BCUT2D eigenvalue weighted by molar-refractivity contribution is 6.03. The summed E-state index contributed by atoms with van der Waals surface area (Å²) in [5, 5.41) is 12.6. The predicted molar refractivity (Wildman–Crippen MR) is 111 cm³/mol. The minimum Gasteiger partial charge on any atom is -0.391 e. The second-order valence-corrected chi connectivity index (χ2v) is 7.23. The Morgan fingerprint density at radius 3 is 2.71 bits per heavy atom. The Balaban J connectivity index is 1.56. The van der Waals surface area contributed by atoms with Crippen LogP contribution in [0.5, 0.6) is 0 Å². The van der Waals surface area contributed by atoms with Gasteiger partial charge in [-0.1, -0.05) is 12.1 Å². The molecule has 1 fully saturated rings. The number of hydrogen-bond acceptors (Lipinski definition) is 6. The Hall–Kier alpha value is -4.05. The number of pyridine rings is 1. The van der Waals surface area contributed by atoms with Gasteiger partial charge in [-0.25, -0.2) is 4.98 Å². The number of benzene rings is 1. The van der Waals surface area contributed by atoms with Crippen molar-refractivity contribution in [3.63, 3.8) is 0 Å². The third-order valence-electron chi connectivity index (χ3n) is 5.05. The SMILES string of the molecule is NC(=O)[C@@H]1C[C@@H](O)CN1C(=O)c1cncc(-c2cccc(NC(=O)c3cnc[nH]3)c2)c1. The lowest BCUT2D eigenvalue weighted by Gasteiger charge is -2.22. The van der Waals surface area contributed by atoms with E-state index in [1.165, 1.54) is 23.6 Å². The third-order valence-corrected chi connectivity index (χ3v) is 5.05. The van der Waals surface area contributed by atoms with Crippen LogP contribution >= 0.6 is 0 Å². The zero-order chi connectivity index (χ0) is 22.0. The highest BCUT2D eigenvalue weighted by Gasteiger charge is 2.38. The summed E-state index contributed by atoms with van der Waals surface area (Å²) < 4.78 is 0.